The number of nitrogens with one attached hydrogen (secondary N) is 2. The van der Waals surface area contributed by atoms with Crippen LogP contribution in [0.1, 0.15) is 32.3 Å². The highest BCUT2D eigenvalue weighted by atomic mass is 127. The van der Waals surface area contributed by atoms with Crippen molar-refractivity contribution in [3.05, 3.63) is 28.8 Å². The summed E-state index contributed by atoms with van der Waals surface area (Å²) in [6.45, 7) is 9.55. The molecule has 1 aromatic rings. The Morgan fingerprint density at radius 2 is 1.85 bits per heavy atom. The molecule has 1 rings (SSSR count). The Hall–Kier alpha value is -0.730. The van der Waals surface area contributed by atoms with Gasteiger partial charge in [-0.25, -0.2) is 0 Å². The van der Waals surface area contributed by atoms with Gasteiger partial charge in [0.25, 0.3) is 0 Å². The van der Waals surface area contributed by atoms with Gasteiger partial charge < -0.3 is 20.3 Å². The second-order valence-corrected chi connectivity index (χ2v) is 6.27. The Kier molecular flexibility index (Phi) is 14.9. The Morgan fingerprint density at radius 1 is 1.15 bits per heavy atom. The first-order chi connectivity index (χ1) is 12.1. The first-order valence-corrected chi connectivity index (χ1v) is 9.51. The van der Waals surface area contributed by atoms with E-state index >= 15 is 0 Å². The fraction of sp³-hybridized carbons (Fsp3) is 0.632. The summed E-state index contributed by atoms with van der Waals surface area (Å²) in [4.78, 5) is 6.72. The first-order valence-electron chi connectivity index (χ1n) is 9.13. The number of guanidine groups is 1. The highest BCUT2D eigenvalue weighted by molar-refractivity contribution is 14.0. The lowest BCUT2D eigenvalue weighted by Crippen LogP contribution is -2.39. The maximum absolute atomic E-state index is 6.27. The molecule has 0 aromatic heterocycles. The molecule has 0 bridgehead atoms. The summed E-state index contributed by atoms with van der Waals surface area (Å²) < 4.78 is 5.17. The molecule has 0 spiro atoms. The second kappa shape index (κ2) is 15.3. The number of hydrogen-bond donors (Lipinski definition) is 2. The molecule has 0 amide bonds. The molecule has 0 saturated heterocycles. The number of unbranched alkanes of at least 4 members (excludes halogenated alkanes) is 1. The average molecular weight is 497 g/mol. The molecule has 0 atom stereocenters. The number of ether oxygens (including phenoxy) is 1. The van der Waals surface area contributed by atoms with Gasteiger partial charge in [-0.3, -0.25) is 4.99 Å². The van der Waals surface area contributed by atoms with Gasteiger partial charge in [-0.05, 0) is 56.6 Å². The summed E-state index contributed by atoms with van der Waals surface area (Å²) in [6.07, 6.45) is 3.18. The Bertz CT molecular complexity index is 524. The summed E-state index contributed by atoms with van der Waals surface area (Å²) in [5, 5.41) is 7.44. The van der Waals surface area contributed by atoms with Gasteiger partial charge in [0, 0.05) is 25.2 Å². The molecular weight excluding hydrogens is 463 g/mol. The summed E-state index contributed by atoms with van der Waals surface area (Å²) in [5.41, 5.74) is 1.10. The van der Waals surface area contributed by atoms with Crippen LogP contribution in [0.2, 0.25) is 5.02 Å². The van der Waals surface area contributed by atoms with Crippen molar-refractivity contribution in [3.63, 3.8) is 0 Å². The van der Waals surface area contributed by atoms with E-state index in [1.54, 1.807) is 14.2 Å². The van der Waals surface area contributed by atoms with Crippen molar-refractivity contribution in [2.45, 2.75) is 33.1 Å². The van der Waals surface area contributed by atoms with Crippen molar-refractivity contribution in [1.29, 1.82) is 0 Å². The van der Waals surface area contributed by atoms with Gasteiger partial charge >= 0.3 is 0 Å². The number of hydrogen-bond acceptors (Lipinski definition) is 3. The van der Waals surface area contributed by atoms with E-state index < -0.39 is 0 Å². The molecule has 0 fully saturated rings. The minimum atomic E-state index is 0. The second-order valence-electron chi connectivity index (χ2n) is 5.87. The Morgan fingerprint density at radius 3 is 2.42 bits per heavy atom. The lowest BCUT2D eigenvalue weighted by atomic mass is 10.1. The van der Waals surface area contributed by atoms with E-state index in [0.717, 1.165) is 67.9 Å². The van der Waals surface area contributed by atoms with Crippen LogP contribution in [-0.4, -0.2) is 57.7 Å². The molecule has 0 aliphatic rings. The summed E-state index contributed by atoms with van der Waals surface area (Å²) >= 11 is 6.27. The fourth-order valence-electron chi connectivity index (χ4n) is 2.60. The Balaban J connectivity index is 0.00000625. The van der Waals surface area contributed by atoms with Crippen molar-refractivity contribution < 1.29 is 4.74 Å². The van der Waals surface area contributed by atoms with E-state index in [4.69, 9.17) is 16.3 Å². The van der Waals surface area contributed by atoms with Crippen LogP contribution in [0.3, 0.4) is 0 Å². The number of halogens is 2. The van der Waals surface area contributed by atoms with Crippen LogP contribution in [0.25, 0.3) is 0 Å². The molecule has 0 aliphatic heterocycles. The normalized spacial score (nSPS) is 11.2. The van der Waals surface area contributed by atoms with Crippen LogP contribution in [0.4, 0.5) is 0 Å². The van der Waals surface area contributed by atoms with Gasteiger partial charge in [-0.1, -0.05) is 31.5 Å². The molecule has 0 heterocycles. The molecule has 0 radical (unpaired) electrons. The highest BCUT2D eigenvalue weighted by Gasteiger charge is 2.04. The predicted octanol–water partition coefficient (Wildman–Crippen LogP) is 3.80. The van der Waals surface area contributed by atoms with Crippen molar-refractivity contribution in [2.24, 2.45) is 4.99 Å². The van der Waals surface area contributed by atoms with Crippen LogP contribution >= 0.6 is 35.6 Å². The molecule has 2 N–H and O–H groups in total. The lowest BCUT2D eigenvalue weighted by molar-refractivity contribution is 0.297. The minimum absolute atomic E-state index is 0. The fourth-order valence-corrected chi connectivity index (χ4v) is 2.87. The third-order valence-corrected chi connectivity index (χ3v) is 4.61. The topological polar surface area (TPSA) is 48.9 Å². The number of aliphatic imine (C=N–C) groups is 1. The van der Waals surface area contributed by atoms with E-state index in [9.17, 15) is 0 Å². The van der Waals surface area contributed by atoms with Gasteiger partial charge in [0.2, 0.25) is 0 Å². The number of nitrogens with zero attached hydrogens (tertiary/aromatic N) is 2. The summed E-state index contributed by atoms with van der Waals surface area (Å²) in [6, 6.07) is 5.79. The van der Waals surface area contributed by atoms with Crippen molar-refractivity contribution in [3.8, 4) is 5.75 Å². The molecule has 0 saturated carbocycles. The van der Waals surface area contributed by atoms with Crippen LogP contribution in [0.5, 0.6) is 5.75 Å². The molecule has 1 aromatic carbocycles. The standard InChI is InChI=1S/C19H33ClN4O.HI/c1-5-24(6-2)14-8-7-12-22-19(21-3)23-13-11-16-9-10-17(25-4)15-18(16)20;/h9-10,15H,5-8,11-14H2,1-4H3,(H2,21,22,23);1H. The highest BCUT2D eigenvalue weighted by Crippen LogP contribution is 2.22. The quantitative estimate of drug-likeness (QED) is 0.212. The van der Waals surface area contributed by atoms with Crippen molar-refractivity contribution >= 4 is 41.5 Å². The van der Waals surface area contributed by atoms with Gasteiger partial charge in [0.05, 0.1) is 7.11 Å². The third kappa shape index (κ3) is 9.83. The van der Waals surface area contributed by atoms with E-state index in [-0.39, 0.29) is 24.0 Å². The van der Waals surface area contributed by atoms with Crippen LogP contribution in [0.15, 0.2) is 23.2 Å². The maximum atomic E-state index is 6.27. The van der Waals surface area contributed by atoms with Crippen LogP contribution < -0.4 is 15.4 Å². The molecule has 0 aliphatic carbocycles. The smallest absolute Gasteiger partial charge is 0.190 e. The summed E-state index contributed by atoms with van der Waals surface area (Å²) in [5.74, 6) is 1.62. The van der Waals surface area contributed by atoms with E-state index in [0.29, 0.717) is 0 Å². The predicted molar refractivity (Wildman–Crippen MR) is 124 cm³/mol. The van der Waals surface area contributed by atoms with Gasteiger partial charge in [0.1, 0.15) is 5.75 Å². The Labute approximate surface area is 180 Å². The number of rotatable bonds is 11. The molecule has 5 nitrogen and oxygen atoms in total. The van der Waals surface area contributed by atoms with Crippen molar-refractivity contribution in [1.82, 2.24) is 15.5 Å². The molecule has 150 valence electrons. The first kappa shape index (κ1) is 25.3. The molecule has 0 unspecified atom stereocenters. The zero-order chi connectivity index (χ0) is 18.5. The molecular formula is C19H34ClIN4O. The molecule has 26 heavy (non-hydrogen) atoms. The number of benzene rings is 1. The average Bonchev–Trinajstić information content (AvgIpc) is 2.64. The van der Waals surface area contributed by atoms with E-state index in [1.165, 1.54) is 6.42 Å². The summed E-state index contributed by atoms with van der Waals surface area (Å²) in [7, 11) is 3.44. The van der Waals surface area contributed by atoms with Crippen molar-refractivity contribution in [2.75, 3.05) is 46.9 Å². The van der Waals surface area contributed by atoms with Gasteiger partial charge in [-0.15, -0.1) is 24.0 Å². The lowest BCUT2D eigenvalue weighted by Gasteiger charge is -2.18. The van der Waals surface area contributed by atoms with E-state index in [1.807, 2.05) is 18.2 Å². The monoisotopic (exact) mass is 496 g/mol. The van der Waals surface area contributed by atoms with Crippen LogP contribution in [-0.2, 0) is 6.42 Å². The third-order valence-electron chi connectivity index (χ3n) is 4.26. The maximum Gasteiger partial charge on any atom is 0.190 e. The van der Waals surface area contributed by atoms with E-state index in [2.05, 4.69) is 34.4 Å². The number of methoxy groups -OCH3 is 1. The van der Waals surface area contributed by atoms with Crippen LogP contribution in [0, 0.1) is 0 Å². The molecule has 7 heteroatoms. The minimum Gasteiger partial charge on any atom is -0.497 e. The largest absolute Gasteiger partial charge is 0.497 e. The van der Waals surface area contributed by atoms with Gasteiger partial charge in [0.15, 0.2) is 5.96 Å². The zero-order valence-electron chi connectivity index (χ0n) is 16.5. The van der Waals surface area contributed by atoms with Gasteiger partial charge in [-0.2, -0.15) is 0 Å². The zero-order valence-corrected chi connectivity index (χ0v) is 19.6. The SMILES string of the molecule is CCN(CC)CCCCNC(=NC)NCCc1ccc(OC)cc1Cl.I.